The lowest BCUT2D eigenvalue weighted by Crippen LogP contribution is -2.38. The Balaban J connectivity index is 1.54. The molecule has 2 aliphatic heterocycles. The third-order valence-electron chi connectivity index (χ3n) is 4.01. The Kier molecular flexibility index (Phi) is 5.09. The fraction of sp³-hybridized carbons (Fsp3) is 0.222. The molecule has 0 spiro atoms. The van der Waals surface area contributed by atoms with E-state index < -0.39 is 0 Å². The molecule has 134 valence electrons. The number of amides is 1. The van der Waals surface area contributed by atoms with E-state index in [1.54, 1.807) is 24.3 Å². The summed E-state index contributed by atoms with van der Waals surface area (Å²) in [4.78, 5) is 18.9. The molecule has 1 amide bonds. The van der Waals surface area contributed by atoms with E-state index in [9.17, 15) is 4.79 Å². The van der Waals surface area contributed by atoms with E-state index >= 15 is 0 Å². The van der Waals surface area contributed by atoms with Gasteiger partial charge in [-0.15, -0.1) is 0 Å². The number of halogens is 2. The van der Waals surface area contributed by atoms with Crippen LogP contribution in [0, 0.1) is 0 Å². The normalized spacial score (nSPS) is 19.3. The molecular formula is C18H14Cl2N2O3S. The third-order valence-corrected chi connectivity index (χ3v) is 5.87. The van der Waals surface area contributed by atoms with Crippen molar-refractivity contribution in [3.8, 4) is 11.3 Å². The zero-order chi connectivity index (χ0) is 18.1. The van der Waals surface area contributed by atoms with Crippen LogP contribution in [0.5, 0.6) is 0 Å². The lowest BCUT2D eigenvalue weighted by atomic mass is 10.2. The van der Waals surface area contributed by atoms with Crippen LogP contribution in [0.25, 0.3) is 17.4 Å². The first-order valence-electron chi connectivity index (χ1n) is 8.01. The van der Waals surface area contributed by atoms with E-state index in [0.717, 1.165) is 13.1 Å². The largest absolute Gasteiger partial charge is 0.457 e. The monoisotopic (exact) mass is 408 g/mol. The van der Waals surface area contributed by atoms with Gasteiger partial charge in [0.1, 0.15) is 11.5 Å². The highest BCUT2D eigenvalue weighted by Crippen LogP contribution is 2.36. The molecule has 0 aliphatic carbocycles. The van der Waals surface area contributed by atoms with Gasteiger partial charge in [-0.25, -0.2) is 0 Å². The van der Waals surface area contributed by atoms with Crippen LogP contribution in [-0.4, -0.2) is 42.3 Å². The SMILES string of the molecule is O=C1N=C(N2CCOCC2)S/C1=C/c1ccc(-c2cccc(Cl)c2Cl)o1. The number of hydrogen-bond donors (Lipinski definition) is 0. The predicted octanol–water partition coefficient (Wildman–Crippen LogP) is 4.56. The summed E-state index contributed by atoms with van der Waals surface area (Å²) in [5.41, 5.74) is 0.708. The Labute approximate surface area is 164 Å². The van der Waals surface area contributed by atoms with Crippen LogP contribution in [-0.2, 0) is 9.53 Å². The van der Waals surface area contributed by atoms with Crippen molar-refractivity contribution >= 4 is 52.1 Å². The van der Waals surface area contributed by atoms with Gasteiger partial charge in [0.2, 0.25) is 0 Å². The minimum atomic E-state index is -0.254. The van der Waals surface area contributed by atoms with Gasteiger partial charge in [0, 0.05) is 24.7 Å². The van der Waals surface area contributed by atoms with Crippen LogP contribution >= 0.6 is 35.0 Å². The van der Waals surface area contributed by atoms with Crippen LogP contribution < -0.4 is 0 Å². The number of benzene rings is 1. The summed E-state index contributed by atoms with van der Waals surface area (Å²) in [6.07, 6.45) is 1.70. The molecule has 8 heteroatoms. The fourth-order valence-corrected chi connectivity index (χ4v) is 4.02. The lowest BCUT2D eigenvalue weighted by molar-refractivity contribution is -0.113. The highest BCUT2D eigenvalue weighted by atomic mass is 35.5. The van der Waals surface area contributed by atoms with Crippen LogP contribution in [0.4, 0.5) is 0 Å². The molecule has 0 radical (unpaired) electrons. The molecule has 1 fully saturated rings. The van der Waals surface area contributed by atoms with Gasteiger partial charge >= 0.3 is 0 Å². The highest BCUT2D eigenvalue weighted by molar-refractivity contribution is 8.18. The molecule has 4 rings (SSSR count). The maximum absolute atomic E-state index is 12.2. The number of hydrogen-bond acceptors (Lipinski definition) is 5. The van der Waals surface area contributed by atoms with Crippen molar-refractivity contribution in [1.29, 1.82) is 0 Å². The Morgan fingerprint density at radius 2 is 1.96 bits per heavy atom. The van der Waals surface area contributed by atoms with Crippen molar-refractivity contribution in [3.63, 3.8) is 0 Å². The zero-order valence-electron chi connectivity index (χ0n) is 13.6. The minimum absolute atomic E-state index is 0.254. The van der Waals surface area contributed by atoms with Gasteiger partial charge in [0.05, 0.1) is 28.2 Å². The summed E-state index contributed by atoms with van der Waals surface area (Å²) in [7, 11) is 0. The second-order valence-electron chi connectivity index (χ2n) is 5.71. The number of furan rings is 1. The Bertz CT molecular complexity index is 917. The molecule has 0 N–H and O–H groups in total. The summed E-state index contributed by atoms with van der Waals surface area (Å²) < 4.78 is 11.2. The summed E-state index contributed by atoms with van der Waals surface area (Å²) in [6.45, 7) is 2.78. The maximum atomic E-state index is 12.2. The number of aliphatic imine (C=N–C) groups is 1. The quantitative estimate of drug-likeness (QED) is 0.681. The van der Waals surface area contributed by atoms with Crippen LogP contribution in [0.1, 0.15) is 5.76 Å². The molecule has 1 saturated heterocycles. The lowest BCUT2D eigenvalue weighted by Gasteiger charge is -2.27. The van der Waals surface area contributed by atoms with E-state index in [-0.39, 0.29) is 5.91 Å². The topological polar surface area (TPSA) is 55.0 Å². The van der Waals surface area contributed by atoms with Gasteiger partial charge in [-0.2, -0.15) is 4.99 Å². The molecule has 3 heterocycles. The number of carbonyl (C=O) groups excluding carboxylic acids is 1. The van der Waals surface area contributed by atoms with E-state index in [4.69, 9.17) is 32.4 Å². The Morgan fingerprint density at radius 1 is 1.15 bits per heavy atom. The number of nitrogens with zero attached hydrogens (tertiary/aromatic N) is 2. The van der Waals surface area contributed by atoms with Gasteiger partial charge < -0.3 is 14.1 Å². The maximum Gasteiger partial charge on any atom is 0.286 e. The molecule has 2 aromatic rings. The number of morpholine rings is 1. The van der Waals surface area contributed by atoms with Crippen molar-refractivity contribution in [2.24, 2.45) is 4.99 Å². The predicted molar refractivity (Wildman–Crippen MR) is 105 cm³/mol. The van der Waals surface area contributed by atoms with Crippen LogP contribution in [0.15, 0.2) is 44.6 Å². The van der Waals surface area contributed by atoms with E-state index in [1.165, 1.54) is 11.8 Å². The number of ether oxygens (including phenoxy) is 1. The van der Waals surface area contributed by atoms with Crippen molar-refractivity contribution < 1.29 is 13.9 Å². The molecule has 1 aromatic carbocycles. The number of thioether (sulfide) groups is 1. The Morgan fingerprint density at radius 3 is 2.77 bits per heavy atom. The van der Waals surface area contributed by atoms with Crippen molar-refractivity contribution in [2.75, 3.05) is 26.3 Å². The van der Waals surface area contributed by atoms with Gasteiger partial charge in [0.15, 0.2) is 5.17 Å². The van der Waals surface area contributed by atoms with Gasteiger partial charge in [-0.3, -0.25) is 4.79 Å². The first-order valence-corrected chi connectivity index (χ1v) is 9.58. The number of carbonyl (C=O) groups is 1. The average Bonchev–Trinajstić information content (AvgIpc) is 3.26. The van der Waals surface area contributed by atoms with Gasteiger partial charge in [-0.1, -0.05) is 29.3 Å². The summed E-state index contributed by atoms with van der Waals surface area (Å²) in [6, 6.07) is 8.96. The fourth-order valence-electron chi connectivity index (χ4n) is 2.69. The molecule has 0 unspecified atom stereocenters. The second-order valence-corrected chi connectivity index (χ2v) is 7.51. The Hall–Kier alpha value is -1.73. The second kappa shape index (κ2) is 7.48. The zero-order valence-corrected chi connectivity index (χ0v) is 15.9. The molecule has 5 nitrogen and oxygen atoms in total. The van der Waals surface area contributed by atoms with E-state index in [1.807, 2.05) is 12.1 Å². The van der Waals surface area contributed by atoms with E-state index in [2.05, 4.69) is 9.89 Å². The molecule has 0 atom stereocenters. The molecule has 26 heavy (non-hydrogen) atoms. The first-order chi connectivity index (χ1) is 12.6. The highest BCUT2D eigenvalue weighted by Gasteiger charge is 2.27. The molecule has 2 aliphatic rings. The van der Waals surface area contributed by atoms with E-state index in [0.29, 0.717) is 50.4 Å². The molecular weight excluding hydrogens is 395 g/mol. The molecule has 0 bridgehead atoms. The molecule has 0 saturated carbocycles. The van der Waals surface area contributed by atoms with Crippen LogP contribution in [0.3, 0.4) is 0 Å². The van der Waals surface area contributed by atoms with Crippen LogP contribution in [0.2, 0.25) is 10.0 Å². The number of amidine groups is 1. The number of rotatable bonds is 2. The minimum Gasteiger partial charge on any atom is -0.457 e. The molecule has 1 aromatic heterocycles. The third kappa shape index (κ3) is 3.55. The average molecular weight is 409 g/mol. The van der Waals surface area contributed by atoms with Gasteiger partial charge in [-0.05, 0) is 36.0 Å². The summed E-state index contributed by atoms with van der Waals surface area (Å²) >= 11 is 13.6. The standard InChI is InChI=1S/C18H14Cl2N2O3S/c19-13-3-1-2-12(16(13)20)14-5-4-11(25-14)10-15-17(23)21-18(26-15)22-6-8-24-9-7-22/h1-5,10H,6-9H2/b15-10+. The van der Waals surface area contributed by atoms with Gasteiger partial charge in [0.25, 0.3) is 5.91 Å². The summed E-state index contributed by atoms with van der Waals surface area (Å²) in [5.74, 6) is 0.898. The smallest absolute Gasteiger partial charge is 0.286 e. The first kappa shape index (κ1) is 17.7. The van der Waals surface area contributed by atoms with Crippen molar-refractivity contribution in [2.45, 2.75) is 0 Å². The van der Waals surface area contributed by atoms with Crippen molar-refractivity contribution in [1.82, 2.24) is 4.90 Å². The van der Waals surface area contributed by atoms with Crippen molar-refractivity contribution in [3.05, 3.63) is 51.0 Å². The summed E-state index contributed by atoms with van der Waals surface area (Å²) in [5, 5.41) is 1.62.